The van der Waals surface area contributed by atoms with Crippen molar-refractivity contribution in [3.05, 3.63) is 76.4 Å². The smallest absolute Gasteiger partial charge is 0.155 e. The number of rotatable bonds is 5. The minimum absolute atomic E-state index is 0.331. The van der Waals surface area contributed by atoms with Crippen molar-refractivity contribution >= 4 is 5.70 Å². The molecule has 1 unspecified atom stereocenters. The number of benzene rings is 2. The molecule has 1 aliphatic heterocycles. The summed E-state index contributed by atoms with van der Waals surface area (Å²) in [5.74, 6) is 2.59. The SMILES string of the molecule is C#Cc1ccc(C2(F)CCN(C(=C)c3cc(CC)c(CC)cc3C)C2)cc1. The standard InChI is InChI=1S/C25H28FN/c1-6-20-9-11-23(12-10-20)25(26)13-14-27(17-25)19(5)24-16-22(8-3)21(7-2)15-18(24)4/h1,9-12,15-16H,5,7-8,13-14,17H2,2-4H3. The Kier molecular flexibility index (Phi) is 5.42. The van der Waals surface area contributed by atoms with Crippen LogP contribution in [-0.4, -0.2) is 18.0 Å². The van der Waals surface area contributed by atoms with Crippen LogP contribution >= 0.6 is 0 Å². The van der Waals surface area contributed by atoms with E-state index in [1.165, 1.54) is 16.7 Å². The van der Waals surface area contributed by atoms with E-state index in [0.29, 0.717) is 25.1 Å². The quantitative estimate of drug-likeness (QED) is 0.623. The Morgan fingerprint density at radius 1 is 1.19 bits per heavy atom. The van der Waals surface area contributed by atoms with Gasteiger partial charge in [0.2, 0.25) is 0 Å². The predicted molar refractivity (Wildman–Crippen MR) is 112 cm³/mol. The number of hydrogen-bond acceptors (Lipinski definition) is 1. The van der Waals surface area contributed by atoms with Crippen molar-refractivity contribution in [3.63, 3.8) is 0 Å². The highest BCUT2D eigenvalue weighted by Gasteiger charge is 2.40. The summed E-state index contributed by atoms with van der Waals surface area (Å²) in [5, 5.41) is 0. The van der Waals surface area contributed by atoms with Gasteiger partial charge in [0, 0.05) is 29.8 Å². The first-order valence-electron chi connectivity index (χ1n) is 9.74. The third-order valence-corrected chi connectivity index (χ3v) is 5.79. The van der Waals surface area contributed by atoms with Crippen LogP contribution in [0.4, 0.5) is 4.39 Å². The van der Waals surface area contributed by atoms with Gasteiger partial charge >= 0.3 is 0 Å². The van der Waals surface area contributed by atoms with Crippen LogP contribution in [-0.2, 0) is 18.5 Å². The summed E-state index contributed by atoms with van der Waals surface area (Å²) < 4.78 is 15.6. The second kappa shape index (κ2) is 7.61. The van der Waals surface area contributed by atoms with Gasteiger partial charge in [-0.1, -0.05) is 44.5 Å². The number of likely N-dealkylation sites (tertiary alicyclic amines) is 1. The van der Waals surface area contributed by atoms with E-state index in [4.69, 9.17) is 6.42 Å². The Morgan fingerprint density at radius 3 is 2.41 bits per heavy atom. The topological polar surface area (TPSA) is 3.24 Å². The average Bonchev–Trinajstić information content (AvgIpc) is 3.10. The molecule has 1 nitrogen and oxygen atoms in total. The molecule has 0 aromatic heterocycles. The first-order chi connectivity index (χ1) is 12.9. The molecule has 2 aromatic rings. The molecule has 1 aliphatic rings. The number of halogens is 1. The molecule has 1 heterocycles. The van der Waals surface area contributed by atoms with E-state index in [0.717, 1.165) is 29.7 Å². The second-order valence-electron chi connectivity index (χ2n) is 7.45. The van der Waals surface area contributed by atoms with Crippen molar-refractivity contribution in [2.75, 3.05) is 13.1 Å². The Morgan fingerprint density at radius 2 is 1.81 bits per heavy atom. The largest absolute Gasteiger partial charge is 0.368 e. The lowest BCUT2D eigenvalue weighted by atomic mass is 9.93. The lowest BCUT2D eigenvalue weighted by molar-refractivity contribution is 0.180. The van der Waals surface area contributed by atoms with Gasteiger partial charge in [-0.3, -0.25) is 0 Å². The van der Waals surface area contributed by atoms with E-state index < -0.39 is 5.67 Å². The minimum Gasteiger partial charge on any atom is -0.368 e. The molecular formula is C25H28FN. The number of aryl methyl sites for hydroxylation is 3. The minimum atomic E-state index is -1.36. The van der Waals surface area contributed by atoms with E-state index in [1.54, 1.807) is 0 Å². The van der Waals surface area contributed by atoms with E-state index >= 15 is 4.39 Å². The van der Waals surface area contributed by atoms with Gasteiger partial charge in [-0.25, -0.2) is 4.39 Å². The molecule has 0 N–H and O–H groups in total. The summed E-state index contributed by atoms with van der Waals surface area (Å²) >= 11 is 0. The third-order valence-electron chi connectivity index (χ3n) is 5.79. The fourth-order valence-electron chi connectivity index (χ4n) is 4.06. The number of alkyl halides is 1. The van der Waals surface area contributed by atoms with Gasteiger partial charge in [0.1, 0.15) is 0 Å². The van der Waals surface area contributed by atoms with Gasteiger partial charge in [-0.15, -0.1) is 6.42 Å². The van der Waals surface area contributed by atoms with Crippen LogP contribution in [0.15, 0.2) is 43.0 Å². The summed E-state index contributed by atoms with van der Waals surface area (Å²) in [6.07, 6.45) is 7.90. The normalized spacial score (nSPS) is 19.1. The lowest BCUT2D eigenvalue weighted by Gasteiger charge is -2.26. The predicted octanol–water partition coefficient (Wildman–Crippen LogP) is 5.64. The first-order valence-corrected chi connectivity index (χ1v) is 9.74. The summed E-state index contributed by atoms with van der Waals surface area (Å²) in [6.45, 7) is 11.8. The van der Waals surface area contributed by atoms with Gasteiger partial charge in [0.15, 0.2) is 5.67 Å². The molecule has 0 bridgehead atoms. The lowest BCUT2D eigenvalue weighted by Crippen LogP contribution is -2.26. The zero-order valence-corrected chi connectivity index (χ0v) is 16.6. The number of terminal acetylenes is 1. The molecule has 0 saturated carbocycles. The molecule has 1 saturated heterocycles. The van der Waals surface area contributed by atoms with Gasteiger partial charge in [0.25, 0.3) is 0 Å². The maximum atomic E-state index is 15.6. The molecule has 140 valence electrons. The van der Waals surface area contributed by atoms with Crippen LogP contribution in [0.2, 0.25) is 0 Å². The van der Waals surface area contributed by atoms with E-state index in [9.17, 15) is 0 Å². The molecule has 1 atom stereocenters. The molecule has 0 spiro atoms. The highest BCUT2D eigenvalue weighted by atomic mass is 19.1. The summed E-state index contributed by atoms with van der Waals surface area (Å²) in [7, 11) is 0. The van der Waals surface area contributed by atoms with Crippen molar-refractivity contribution in [2.45, 2.75) is 45.7 Å². The van der Waals surface area contributed by atoms with Crippen molar-refractivity contribution in [1.82, 2.24) is 4.90 Å². The van der Waals surface area contributed by atoms with Crippen LogP contribution in [0.1, 0.15) is 53.6 Å². The summed E-state index contributed by atoms with van der Waals surface area (Å²) in [5.41, 5.74) is 6.13. The molecular weight excluding hydrogens is 333 g/mol. The molecule has 2 heteroatoms. The molecule has 2 aromatic carbocycles. The van der Waals surface area contributed by atoms with Crippen LogP contribution in [0.5, 0.6) is 0 Å². The molecule has 27 heavy (non-hydrogen) atoms. The highest BCUT2D eigenvalue weighted by molar-refractivity contribution is 5.67. The molecule has 0 amide bonds. The summed E-state index contributed by atoms with van der Waals surface area (Å²) in [4.78, 5) is 2.09. The van der Waals surface area contributed by atoms with Crippen LogP contribution in [0, 0.1) is 19.3 Å². The fourth-order valence-corrected chi connectivity index (χ4v) is 4.06. The van der Waals surface area contributed by atoms with Crippen molar-refractivity contribution < 1.29 is 4.39 Å². The fraction of sp³-hybridized carbons (Fsp3) is 0.360. The van der Waals surface area contributed by atoms with Crippen LogP contribution < -0.4 is 0 Å². The monoisotopic (exact) mass is 361 g/mol. The van der Waals surface area contributed by atoms with Crippen molar-refractivity contribution in [2.24, 2.45) is 0 Å². The zero-order valence-electron chi connectivity index (χ0n) is 16.6. The Bertz CT molecular complexity index is 888. The molecule has 0 radical (unpaired) electrons. The van der Waals surface area contributed by atoms with E-state index in [2.05, 4.69) is 50.3 Å². The van der Waals surface area contributed by atoms with Crippen molar-refractivity contribution in [1.29, 1.82) is 0 Å². The second-order valence-corrected chi connectivity index (χ2v) is 7.45. The van der Waals surface area contributed by atoms with Gasteiger partial charge < -0.3 is 4.90 Å². The third kappa shape index (κ3) is 3.65. The van der Waals surface area contributed by atoms with Crippen LogP contribution in [0.3, 0.4) is 0 Å². The maximum Gasteiger partial charge on any atom is 0.155 e. The zero-order chi connectivity index (χ0) is 19.6. The molecule has 1 fully saturated rings. The summed E-state index contributed by atoms with van der Waals surface area (Å²) in [6, 6.07) is 11.8. The van der Waals surface area contributed by atoms with Crippen molar-refractivity contribution in [3.8, 4) is 12.3 Å². The highest BCUT2D eigenvalue weighted by Crippen LogP contribution is 2.39. The Hall–Kier alpha value is -2.53. The van der Waals surface area contributed by atoms with E-state index in [-0.39, 0.29) is 0 Å². The first kappa shape index (κ1) is 19.2. The molecule has 3 rings (SSSR count). The van der Waals surface area contributed by atoms with E-state index in [1.807, 2.05) is 24.3 Å². The molecule has 0 aliphatic carbocycles. The van der Waals surface area contributed by atoms with Gasteiger partial charge in [-0.2, -0.15) is 0 Å². The Labute approximate surface area is 162 Å². The van der Waals surface area contributed by atoms with Gasteiger partial charge in [0.05, 0.1) is 6.54 Å². The number of nitrogens with zero attached hydrogens (tertiary/aromatic N) is 1. The van der Waals surface area contributed by atoms with Gasteiger partial charge in [-0.05, 0) is 60.2 Å². The number of hydrogen-bond donors (Lipinski definition) is 0. The Balaban J connectivity index is 1.84. The average molecular weight is 362 g/mol. The maximum absolute atomic E-state index is 15.6. The van der Waals surface area contributed by atoms with Crippen LogP contribution in [0.25, 0.3) is 5.70 Å².